The first-order valence-corrected chi connectivity index (χ1v) is 9.14. The second-order valence-corrected chi connectivity index (χ2v) is 6.87. The lowest BCUT2D eigenvalue weighted by Gasteiger charge is -2.08. The fourth-order valence-electron chi connectivity index (χ4n) is 2.54. The zero-order chi connectivity index (χ0) is 21.0. The van der Waals surface area contributed by atoms with Crippen LogP contribution in [0.4, 0.5) is 13.2 Å². The van der Waals surface area contributed by atoms with Crippen molar-refractivity contribution in [3.05, 3.63) is 76.0 Å². The number of carboxylic acids is 1. The number of alkyl halides is 3. The molecule has 2 N–H and O–H groups in total. The summed E-state index contributed by atoms with van der Waals surface area (Å²) in [5, 5.41) is 13.4. The molecule has 0 aliphatic heterocycles. The van der Waals surface area contributed by atoms with E-state index >= 15 is 0 Å². The average molecular weight is 421 g/mol. The maximum absolute atomic E-state index is 12.3. The minimum atomic E-state index is -4.75. The van der Waals surface area contributed by atoms with E-state index in [0.717, 1.165) is 0 Å². The third-order valence-electron chi connectivity index (χ3n) is 3.87. The molecule has 0 bridgehead atoms. The Labute approximate surface area is 167 Å². The molecule has 150 valence electrons. The van der Waals surface area contributed by atoms with Crippen LogP contribution in [0.15, 0.2) is 60.0 Å². The molecule has 1 amide bonds. The van der Waals surface area contributed by atoms with E-state index in [1.165, 1.54) is 47.7 Å². The standard InChI is InChI=1S/C20H14F3NO4S/c21-20(22,23)28-16-6-4-13(5-7-16)15-9-17(29-11-15)18(25)24-10-12-2-1-3-14(8-12)19(26)27/h1-9,11H,10H2,(H,24,25)(H,26,27). The predicted octanol–water partition coefficient (Wildman–Crippen LogP) is 4.94. The van der Waals surface area contributed by atoms with E-state index in [1.807, 2.05) is 0 Å². The van der Waals surface area contributed by atoms with Crippen molar-refractivity contribution >= 4 is 23.2 Å². The molecule has 5 nitrogen and oxygen atoms in total. The smallest absolute Gasteiger partial charge is 0.478 e. The first-order valence-electron chi connectivity index (χ1n) is 8.26. The van der Waals surface area contributed by atoms with E-state index < -0.39 is 12.3 Å². The van der Waals surface area contributed by atoms with Crippen molar-refractivity contribution in [1.29, 1.82) is 0 Å². The van der Waals surface area contributed by atoms with Gasteiger partial charge in [0.1, 0.15) is 5.75 Å². The zero-order valence-electron chi connectivity index (χ0n) is 14.7. The number of aromatic carboxylic acids is 1. The number of rotatable bonds is 6. The van der Waals surface area contributed by atoms with Gasteiger partial charge in [0.15, 0.2) is 0 Å². The van der Waals surface area contributed by atoms with Gasteiger partial charge in [0.25, 0.3) is 5.91 Å². The van der Waals surface area contributed by atoms with Crippen molar-refractivity contribution in [2.75, 3.05) is 0 Å². The first-order chi connectivity index (χ1) is 13.7. The first kappa shape index (κ1) is 20.4. The zero-order valence-corrected chi connectivity index (χ0v) is 15.5. The lowest BCUT2D eigenvalue weighted by molar-refractivity contribution is -0.274. The third kappa shape index (κ3) is 5.58. The largest absolute Gasteiger partial charge is 0.573 e. The quantitative estimate of drug-likeness (QED) is 0.591. The van der Waals surface area contributed by atoms with Crippen molar-refractivity contribution in [3.8, 4) is 16.9 Å². The number of benzene rings is 2. The summed E-state index contributed by atoms with van der Waals surface area (Å²) in [5.41, 5.74) is 2.11. The monoisotopic (exact) mass is 421 g/mol. The van der Waals surface area contributed by atoms with E-state index in [0.29, 0.717) is 21.6 Å². The Morgan fingerprint density at radius 3 is 2.41 bits per heavy atom. The predicted molar refractivity (Wildman–Crippen MR) is 101 cm³/mol. The van der Waals surface area contributed by atoms with E-state index in [9.17, 15) is 22.8 Å². The molecule has 0 saturated heterocycles. The van der Waals surface area contributed by atoms with Gasteiger partial charge in [-0.15, -0.1) is 24.5 Å². The molecule has 0 fully saturated rings. The van der Waals surface area contributed by atoms with Crippen molar-refractivity contribution in [3.63, 3.8) is 0 Å². The Morgan fingerprint density at radius 1 is 1.03 bits per heavy atom. The average Bonchev–Trinajstić information content (AvgIpc) is 3.16. The summed E-state index contributed by atoms with van der Waals surface area (Å²) in [6.45, 7) is 0.163. The molecule has 0 saturated carbocycles. The molecule has 3 aromatic rings. The Morgan fingerprint density at radius 2 is 1.76 bits per heavy atom. The van der Waals surface area contributed by atoms with Crippen LogP contribution in [0.5, 0.6) is 5.75 Å². The number of amides is 1. The Balaban J connectivity index is 1.64. The van der Waals surface area contributed by atoms with Gasteiger partial charge >= 0.3 is 12.3 Å². The van der Waals surface area contributed by atoms with Crippen LogP contribution >= 0.6 is 11.3 Å². The normalized spacial score (nSPS) is 11.1. The SMILES string of the molecule is O=C(O)c1cccc(CNC(=O)c2cc(-c3ccc(OC(F)(F)F)cc3)cs2)c1. The van der Waals surface area contributed by atoms with Crippen molar-refractivity contribution in [2.24, 2.45) is 0 Å². The molecule has 0 aliphatic carbocycles. The summed E-state index contributed by atoms with van der Waals surface area (Å²) >= 11 is 1.19. The Kier molecular flexibility index (Phi) is 5.88. The number of halogens is 3. The second-order valence-electron chi connectivity index (χ2n) is 5.96. The van der Waals surface area contributed by atoms with Gasteiger partial charge in [0.2, 0.25) is 0 Å². The van der Waals surface area contributed by atoms with E-state index in [1.54, 1.807) is 23.6 Å². The Hall–Kier alpha value is -3.33. The number of nitrogens with one attached hydrogen (secondary N) is 1. The summed E-state index contributed by atoms with van der Waals surface area (Å²) in [6, 6.07) is 13.2. The van der Waals surface area contributed by atoms with Gasteiger partial charge < -0.3 is 15.2 Å². The van der Waals surface area contributed by atoms with Crippen LogP contribution in [0.2, 0.25) is 0 Å². The number of ether oxygens (including phenoxy) is 1. The number of carbonyl (C=O) groups is 2. The highest BCUT2D eigenvalue weighted by Crippen LogP contribution is 2.29. The summed E-state index contributed by atoms with van der Waals surface area (Å²) in [4.78, 5) is 23.7. The van der Waals surface area contributed by atoms with Gasteiger partial charge in [0, 0.05) is 6.54 Å². The number of carbonyl (C=O) groups excluding carboxylic acids is 1. The lowest BCUT2D eigenvalue weighted by atomic mass is 10.1. The number of hydrogen-bond acceptors (Lipinski definition) is 4. The number of thiophene rings is 1. The van der Waals surface area contributed by atoms with Crippen LogP contribution in [0, 0.1) is 0 Å². The van der Waals surface area contributed by atoms with Crippen LogP contribution in [0.3, 0.4) is 0 Å². The summed E-state index contributed by atoms with van der Waals surface area (Å²) in [6.07, 6.45) is -4.75. The molecule has 0 atom stereocenters. The molecular weight excluding hydrogens is 407 g/mol. The molecule has 0 radical (unpaired) electrons. The van der Waals surface area contributed by atoms with Crippen molar-refractivity contribution in [1.82, 2.24) is 5.32 Å². The number of hydrogen-bond donors (Lipinski definition) is 2. The molecule has 9 heteroatoms. The molecule has 29 heavy (non-hydrogen) atoms. The highest BCUT2D eigenvalue weighted by molar-refractivity contribution is 7.12. The molecule has 2 aromatic carbocycles. The van der Waals surface area contributed by atoms with E-state index in [2.05, 4.69) is 10.1 Å². The molecular formula is C20H14F3NO4S. The van der Waals surface area contributed by atoms with Crippen molar-refractivity contribution in [2.45, 2.75) is 12.9 Å². The van der Waals surface area contributed by atoms with Gasteiger partial charge in [-0.3, -0.25) is 4.79 Å². The molecule has 1 aromatic heterocycles. The van der Waals surface area contributed by atoms with Crippen LogP contribution in [0.1, 0.15) is 25.6 Å². The van der Waals surface area contributed by atoms with Gasteiger partial charge in [0.05, 0.1) is 10.4 Å². The molecule has 0 unspecified atom stereocenters. The van der Waals surface area contributed by atoms with Gasteiger partial charge in [-0.1, -0.05) is 24.3 Å². The summed E-state index contributed by atoms with van der Waals surface area (Å²) in [5.74, 6) is -1.70. The van der Waals surface area contributed by atoms with Crippen LogP contribution in [-0.4, -0.2) is 23.3 Å². The maximum atomic E-state index is 12.3. The summed E-state index contributed by atoms with van der Waals surface area (Å²) in [7, 11) is 0. The molecule has 3 rings (SSSR count). The lowest BCUT2D eigenvalue weighted by Crippen LogP contribution is -2.21. The molecule has 0 aliphatic rings. The second kappa shape index (κ2) is 8.36. The fraction of sp³-hybridized carbons (Fsp3) is 0.100. The minimum Gasteiger partial charge on any atom is -0.478 e. The highest BCUT2D eigenvalue weighted by Gasteiger charge is 2.31. The number of carboxylic acid groups (broad SMARTS) is 1. The van der Waals surface area contributed by atoms with Crippen LogP contribution < -0.4 is 10.1 Å². The molecule has 0 spiro atoms. The van der Waals surface area contributed by atoms with Gasteiger partial charge in [-0.2, -0.15) is 0 Å². The topological polar surface area (TPSA) is 75.6 Å². The Bertz CT molecular complexity index is 1030. The van der Waals surface area contributed by atoms with Gasteiger partial charge in [-0.05, 0) is 52.4 Å². The van der Waals surface area contributed by atoms with Crippen molar-refractivity contribution < 1.29 is 32.6 Å². The van der Waals surface area contributed by atoms with E-state index in [4.69, 9.17) is 5.11 Å². The molecule has 1 heterocycles. The maximum Gasteiger partial charge on any atom is 0.573 e. The minimum absolute atomic E-state index is 0.133. The van der Waals surface area contributed by atoms with Crippen LogP contribution in [0.25, 0.3) is 11.1 Å². The fourth-order valence-corrected chi connectivity index (χ4v) is 3.37. The van der Waals surface area contributed by atoms with E-state index in [-0.39, 0.29) is 23.8 Å². The van der Waals surface area contributed by atoms with Crippen LogP contribution in [-0.2, 0) is 6.54 Å². The highest BCUT2D eigenvalue weighted by atomic mass is 32.1. The summed E-state index contributed by atoms with van der Waals surface area (Å²) < 4.78 is 40.5. The van der Waals surface area contributed by atoms with Gasteiger partial charge in [-0.25, -0.2) is 4.79 Å². The third-order valence-corrected chi connectivity index (χ3v) is 4.80.